The molecule has 6 nitrogen and oxygen atoms in total. The highest BCUT2D eigenvalue weighted by Gasteiger charge is 2.13. The van der Waals surface area contributed by atoms with Gasteiger partial charge >= 0.3 is 12.6 Å². The standard InChI is InChI=1S/C18H16ClF2NO5/c1-11-8-12(6-7-13(11)19)25-10-17(24)26-9-16(23)22-14-4-2-3-5-15(14)27-18(20)21/h2-8,18H,9-10H2,1H3,(H,22,23). The van der Waals surface area contributed by atoms with Gasteiger partial charge in [0.05, 0.1) is 5.69 Å². The highest BCUT2D eigenvalue weighted by atomic mass is 35.5. The lowest BCUT2D eigenvalue weighted by Gasteiger charge is -2.12. The van der Waals surface area contributed by atoms with E-state index in [1.54, 1.807) is 25.1 Å². The normalized spacial score (nSPS) is 10.4. The monoisotopic (exact) mass is 399 g/mol. The van der Waals surface area contributed by atoms with E-state index in [1.165, 1.54) is 24.3 Å². The Kier molecular flexibility index (Phi) is 7.36. The van der Waals surface area contributed by atoms with Crippen LogP contribution in [0.2, 0.25) is 5.02 Å². The zero-order valence-corrected chi connectivity index (χ0v) is 15.0. The molecule has 2 aromatic carbocycles. The van der Waals surface area contributed by atoms with Gasteiger partial charge in [0.25, 0.3) is 5.91 Å². The van der Waals surface area contributed by atoms with Gasteiger partial charge in [0.2, 0.25) is 0 Å². The minimum atomic E-state index is -3.03. The average Bonchev–Trinajstić information content (AvgIpc) is 2.62. The first kappa shape index (κ1) is 20.4. The van der Waals surface area contributed by atoms with Crippen LogP contribution in [0.1, 0.15) is 5.56 Å². The van der Waals surface area contributed by atoms with Gasteiger partial charge in [0.15, 0.2) is 13.2 Å². The lowest BCUT2D eigenvalue weighted by molar-refractivity contribution is -0.149. The van der Waals surface area contributed by atoms with Crippen molar-refractivity contribution in [3.63, 3.8) is 0 Å². The van der Waals surface area contributed by atoms with Crippen molar-refractivity contribution in [2.75, 3.05) is 18.5 Å². The number of carbonyl (C=O) groups excluding carboxylic acids is 2. The molecule has 0 aliphatic carbocycles. The Morgan fingerprint density at radius 3 is 2.59 bits per heavy atom. The topological polar surface area (TPSA) is 73.9 Å². The van der Waals surface area contributed by atoms with Crippen molar-refractivity contribution in [1.82, 2.24) is 0 Å². The zero-order valence-electron chi connectivity index (χ0n) is 14.2. The molecule has 0 heterocycles. The van der Waals surface area contributed by atoms with Crippen molar-refractivity contribution < 1.29 is 32.6 Å². The van der Waals surface area contributed by atoms with Gasteiger partial charge in [-0.3, -0.25) is 4.79 Å². The Labute approximate surface area is 159 Å². The summed E-state index contributed by atoms with van der Waals surface area (Å²) in [6.07, 6.45) is 0. The van der Waals surface area contributed by atoms with E-state index in [2.05, 4.69) is 10.1 Å². The van der Waals surface area contributed by atoms with Crippen LogP contribution in [-0.4, -0.2) is 31.7 Å². The maximum absolute atomic E-state index is 12.3. The van der Waals surface area contributed by atoms with E-state index in [-0.39, 0.29) is 11.4 Å². The lowest BCUT2D eigenvalue weighted by atomic mass is 10.2. The quantitative estimate of drug-likeness (QED) is 0.683. The van der Waals surface area contributed by atoms with Crippen LogP contribution in [0.3, 0.4) is 0 Å². The van der Waals surface area contributed by atoms with Crippen molar-refractivity contribution in [1.29, 1.82) is 0 Å². The molecule has 0 spiro atoms. The molecule has 0 aliphatic rings. The number of ether oxygens (including phenoxy) is 3. The average molecular weight is 400 g/mol. The van der Waals surface area contributed by atoms with Crippen LogP contribution in [0.15, 0.2) is 42.5 Å². The van der Waals surface area contributed by atoms with Gasteiger partial charge < -0.3 is 19.5 Å². The summed E-state index contributed by atoms with van der Waals surface area (Å²) in [7, 11) is 0. The number of esters is 1. The van der Waals surface area contributed by atoms with Gasteiger partial charge in [-0.15, -0.1) is 0 Å². The van der Waals surface area contributed by atoms with E-state index >= 15 is 0 Å². The number of benzene rings is 2. The van der Waals surface area contributed by atoms with Gasteiger partial charge in [0.1, 0.15) is 11.5 Å². The molecule has 27 heavy (non-hydrogen) atoms. The van der Waals surface area contributed by atoms with Crippen molar-refractivity contribution >= 4 is 29.2 Å². The summed E-state index contributed by atoms with van der Waals surface area (Å²) < 4.78 is 39.0. The number of amides is 1. The third-order valence-electron chi connectivity index (χ3n) is 3.23. The molecule has 0 saturated carbocycles. The molecular weight excluding hydrogens is 384 g/mol. The number of rotatable bonds is 8. The minimum absolute atomic E-state index is 0.0340. The fourth-order valence-corrected chi connectivity index (χ4v) is 2.11. The SMILES string of the molecule is Cc1cc(OCC(=O)OCC(=O)Nc2ccccc2OC(F)F)ccc1Cl. The molecule has 1 N–H and O–H groups in total. The summed E-state index contributed by atoms with van der Waals surface area (Å²) in [5.74, 6) is -1.25. The number of para-hydroxylation sites is 2. The lowest BCUT2D eigenvalue weighted by Crippen LogP contribution is -2.24. The summed E-state index contributed by atoms with van der Waals surface area (Å²) in [5.41, 5.74) is 0.818. The predicted molar refractivity (Wildman–Crippen MR) is 94.3 cm³/mol. The smallest absolute Gasteiger partial charge is 0.387 e. The molecule has 0 radical (unpaired) electrons. The summed E-state index contributed by atoms with van der Waals surface area (Å²) in [6, 6.07) is 10.5. The number of halogens is 3. The van der Waals surface area contributed by atoms with Gasteiger partial charge in [-0.1, -0.05) is 23.7 Å². The predicted octanol–water partition coefficient (Wildman–Crippen LogP) is 3.81. The summed E-state index contributed by atoms with van der Waals surface area (Å²) >= 11 is 5.89. The molecule has 9 heteroatoms. The van der Waals surface area contributed by atoms with Crippen LogP contribution in [0.4, 0.5) is 14.5 Å². The highest BCUT2D eigenvalue weighted by molar-refractivity contribution is 6.31. The molecule has 0 bridgehead atoms. The second-order valence-corrected chi connectivity index (χ2v) is 5.69. The first-order chi connectivity index (χ1) is 12.8. The Morgan fingerprint density at radius 2 is 1.89 bits per heavy atom. The summed E-state index contributed by atoms with van der Waals surface area (Å²) in [5, 5.41) is 2.90. The van der Waals surface area contributed by atoms with Gasteiger partial charge in [0, 0.05) is 5.02 Å². The maximum Gasteiger partial charge on any atom is 0.387 e. The van der Waals surface area contributed by atoms with E-state index in [9.17, 15) is 18.4 Å². The van der Waals surface area contributed by atoms with Gasteiger partial charge in [-0.25, -0.2) is 4.79 Å². The molecule has 0 unspecified atom stereocenters. The molecule has 2 aromatic rings. The van der Waals surface area contributed by atoms with Crippen LogP contribution < -0.4 is 14.8 Å². The highest BCUT2D eigenvalue weighted by Crippen LogP contribution is 2.25. The first-order valence-corrected chi connectivity index (χ1v) is 8.11. The van der Waals surface area contributed by atoms with E-state index in [1.807, 2.05) is 0 Å². The Morgan fingerprint density at radius 1 is 1.15 bits per heavy atom. The van der Waals surface area contributed by atoms with Gasteiger partial charge in [-0.2, -0.15) is 8.78 Å². The van der Waals surface area contributed by atoms with Crippen molar-refractivity contribution in [3.05, 3.63) is 53.1 Å². The third-order valence-corrected chi connectivity index (χ3v) is 3.65. The fourth-order valence-electron chi connectivity index (χ4n) is 1.99. The Hall–Kier alpha value is -2.87. The molecule has 1 amide bonds. The van der Waals surface area contributed by atoms with Crippen molar-refractivity contribution in [2.45, 2.75) is 13.5 Å². The van der Waals surface area contributed by atoms with E-state index in [4.69, 9.17) is 21.1 Å². The molecule has 0 saturated heterocycles. The van der Waals surface area contributed by atoms with Crippen molar-refractivity contribution in [3.8, 4) is 11.5 Å². The molecule has 0 atom stereocenters. The number of aryl methyl sites for hydroxylation is 1. The van der Waals surface area contributed by atoms with Crippen LogP contribution in [-0.2, 0) is 14.3 Å². The van der Waals surface area contributed by atoms with Crippen LogP contribution in [0, 0.1) is 6.92 Å². The minimum Gasteiger partial charge on any atom is -0.482 e. The number of carbonyl (C=O) groups is 2. The Balaban J connectivity index is 1.80. The first-order valence-electron chi connectivity index (χ1n) is 7.73. The van der Waals surface area contributed by atoms with Crippen molar-refractivity contribution in [2.24, 2.45) is 0 Å². The maximum atomic E-state index is 12.3. The van der Waals surface area contributed by atoms with Crippen LogP contribution >= 0.6 is 11.6 Å². The number of hydrogen-bond donors (Lipinski definition) is 1. The molecule has 0 aliphatic heterocycles. The fraction of sp³-hybridized carbons (Fsp3) is 0.222. The Bertz CT molecular complexity index is 816. The third kappa shape index (κ3) is 6.74. The van der Waals surface area contributed by atoms with E-state index in [0.717, 1.165) is 5.56 Å². The van der Waals surface area contributed by atoms with E-state index < -0.39 is 31.7 Å². The summed E-state index contributed by atoms with van der Waals surface area (Å²) in [4.78, 5) is 23.5. The largest absolute Gasteiger partial charge is 0.482 e. The second-order valence-electron chi connectivity index (χ2n) is 5.28. The summed E-state index contributed by atoms with van der Waals surface area (Å²) in [6.45, 7) is -2.26. The molecule has 2 rings (SSSR count). The zero-order chi connectivity index (χ0) is 19.8. The van der Waals surface area contributed by atoms with E-state index in [0.29, 0.717) is 10.8 Å². The molecule has 144 valence electrons. The van der Waals surface area contributed by atoms with Gasteiger partial charge in [-0.05, 0) is 42.8 Å². The number of hydrogen-bond acceptors (Lipinski definition) is 5. The van der Waals surface area contributed by atoms with Crippen LogP contribution in [0.5, 0.6) is 11.5 Å². The number of nitrogens with one attached hydrogen (secondary N) is 1. The molecule has 0 fully saturated rings. The molecular formula is C18H16ClF2NO5. The van der Waals surface area contributed by atoms with Crippen LogP contribution in [0.25, 0.3) is 0 Å². The second kappa shape index (κ2) is 9.72. The number of anilines is 1. The molecule has 0 aromatic heterocycles. The number of alkyl halides is 2.